The van der Waals surface area contributed by atoms with Gasteiger partial charge in [-0.3, -0.25) is 14.8 Å². The van der Waals surface area contributed by atoms with Crippen molar-refractivity contribution in [1.82, 2.24) is 9.97 Å². The highest BCUT2D eigenvalue weighted by atomic mass is 16.1. The lowest BCUT2D eigenvalue weighted by molar-refractivity contribution is 0.102. The molecule has 1 aromatic carbocycles. The number of anilines is 1. The summed E-state index contributed by atoms with van der Waals surface area (Å²) < 4.78 is 0. The Labute approximate surface area is 142 Å². The highest BCUT2D eigenvalue weighted by molar-refractivity contribution is 6.07. The van der Waals surface area contributed by atoms with Crippen molar-refractivity contribution in [3.63, 3.8) is 0 Å². The molecule has 122 valence electrons. The lowest BCUT2D eigenvalue weighted by Crippen LogP contribution is -2.16. The Morgan fingerprint density at radius 1 is 0.917 bits per heavy atom. The summed E-state index contributed by atoms with van der Waals surface area (Å²) in [5.41, 5.74) is 6.91. The second kappa shape index (κ2) is 6.04. The van der Waals surface area contributed by atoms with Crippen molar-refractivity contribution in [1.29, 1.82) is 0 Å². The number of nitrogens with one attached hydrogen (secondary N) is 1. The van der Waals surface area contributed by atoms with Crippen molar-refractivity contribution < 1.29 is 4.79 Å². The van der Waals surface area contributed by atoms with E-state index in [0.717, 1.165) is 44.8 Å². The first kappa shape index (κ1) is 16.1. The summed E-state index contributed by atoms with van der Waals surface area (Å²) in [5, 5.41) is 3.97. The molecule has 0 spiro atoms. The minimum Gasteiger partial charge on any atom is -0.320 e. The van der Waals surface area contributed by atoms with Gasteiger partial charge in [-0.15, -0.1) is 0 Å². The van der Waals surface area contributed by atoms with E-state index in [-0.39, 0.29) is 5.91 Å². The zero-order valence-corrected chi connectivity index (χ0v) is 14.7. The largest absolute Gasteiger partial charge is 0.320 e. The van der Waals surface area contributed by atoms with Gasteiger partial charge in [0.05, 0.1) is 28.2 Å². The van der Waals surface area contributed by atoms with Crippen molar-refractivity contribution in [3.8, 4) is 0 Å². The molecule has 4 nitrogen and oxygen atoms in total. The molecule has 3 aromatic rings. The first-order chi connectivity index (χ1) is 11.3. The molecule has 3 rings (SSSR count). The summed E-state index contributed by atoms with van der Waals surface area (Å²) in [6.07, 6.45) is 0. The number of fused-ring (bicyclic) bond motifs is 1. The van der Waals surface area contributed by atoms with E-state index >= 15 is 0 Å². The Hall–Kier alpha value is -2.75. The van der Waals surface area contributed by atoms with E-state index in [0.29, 0.717) is 5.56 Å². The number of rotatable bonds is 2. The third-order valence-corrected chi connectivity index (χ3v) is 4.17. The van der Waals surface area contributed by atoms with E-state index in [1.165, 1.54) is 0 Å². The molecule has 0 saturated heterocycles. The van der Waals surface area contributed by atoms with Crippen LogP contribution in [0.2, 0.25) is 0 Å². The van der Waals surface area contributed by atoms with E-state index in [1.54, 1.807) is 0 Å². The molecular weight excluding hydrogens is 298 g/mol. The van der Waals surface area contributed by atoms with Crippen LogP contribution in [0.4, 0.5) is 5.69 Å². The zero-order valence-electron chi connectivity index (χ0n) is 14.7. The molecule has 0 radical (unpaired) electrons. The van der Waals surface area contributed by atoms with Gasteiger partial charge in [0.2, 0.25) is 0 Å². The Morgan fingerprint density at radius 3 is 2.38 bits per heavy atom. The quantitative estimate of drug-likeness (QED) is 0.760. The summed E-state index contributed by atoms with van der Waals surface area (Å²) in [7, 11) is 0. The van der Waals surface area contributed by atoms with Crippen LogP contribution in [-0.2, 0) is 0 Å². The highest BCUT2D eigenvalue weighted by Crippen LogP contribution is 2.22. The molecule has 0 saturated carbocycles. The molecule has 0 atom stereocenters. The molecule has 0 fully saturated rings. The SMILES string of the molecule is Cc1ccc2nc(C)c(C(=O)Nc3c(C)cc(C)nc3C)cc2c1. The number of carbonyl (C=O) groups excluding carboxylic acids is 1. The van der Waals surface area contributed by atoms with Crippen LogP contribution < -0.4 is 5.32 Å². The number of hydrogen-bond acceptors (Lipinski definition) is 3. The van der Waals surface area contributed by atoms with Crippen LogP contribution in [0.25, 0.3) is 10.9 Å². The number of pyridine rings is 2. The number of aromatic nitrogens is 2. The zero-order chi connectivity index (χ0) is 17.4. The Balaban J connectivity index is 2.01. The van der Waals surface area contributed by atoms with Crippen LogP contribution in [0.1, 0.15) is 38.6 Å². The monoisotopic (exact) mass is 319 g/mol. The molecule has 4 heteroatoms. The molecule has 24 heavy (non-hydrogen) atoms. The minimum atomic E-state index is -0.153. The smallest absolute Gasteiger partial charge is 0.257 e. The minimum absolute atomic E-state index is 0.153. The maximum absolute atomic E-state index is 12.8. The van der Waals surface area contributed by atoms with Crippen LogP contribution in [0.3, 0.4) is 0 Å². The van der Waals surface area contributed by atoms with Gasteiger partial charge in [-0.25, -0.2) is 0 Å². The number of amides is 1. The average molecular weight is 319 g/mol. The van der Waals surface area contributed by atoms with Gasteiger partial charge in [0.25, 0.3) is 5.91 Å². The molecule has 1 N–H and O–H groups in total. The lowest BCUT2D eigenvalue weighted by atomic mass is 10.1. The van der Waals surface area contributed by atoms with Gasteiger partial charge in [-0.05, 0) is 64.4 Å². The van der Waals surface area contributed by atoms with Gasteiger partial charge >= 0.3 is 0 Å². The maximum atomic E-state index is 12.8. The van der Waals surface area contributed by atoms with Gasteiger partial charge in [-0.2, -0.15) is 0 Å². The van der Waals surface area contributed by atoms with Crippen LogP contribution in [0.15, 0.2) is 30.3 Å². The van der Waals surface area contributed by atoms with E-state index in [2.05, 4.69) is 15.3 Å². The normalized spacial score (nSPS) is 10.9. The van der Waals surface area contributed by atoms with Gasteiger partial charge in [0.1, 0.15) is 0 Å². The average Bonchev–Trinajstić information content (AvgIpc) is 2.50. The fourth-order valence-electron chi connectivity index (χ4n) is 3.02. The van der Waals surface area contributed by atoms with E-state index < -0.39 is 0 Å². The van der Waals surface area contributed by atoms with Gasteiger partial charge in [-0.1, -0.05) is 11.6 Å². The van der Waals surface area contributed by atoms with Crippen LogP contribution in [-0.4, -0.2) is 15.9 Å². The van der Waals surface area contributed by atoms with E-state index in [1.807, 2.05) is 65.0 Å². The first-order valence-corrected chi connectivity index (χ1v) is 7.99. The highest BCUT2D eigenvalue weighted by Gasteiger charge is 2.15. The summed E-state index contributed by atoms with van der Waals surface area (Å²) in [4.78, 5) is 21.8. The number of benzene rings is 1. The second-order valence-electron chi connectivity index (χ2n) is 6.31. The van der Waals surface area contributed by atoms with Crippen molar-refractivity contribution in [2.24, 2.45) is 0 Å². The fraction of sp³-hybridized carbons (Fsp3) is 0.250. The number of hydrogen-bond donors (Lipinski definition) is 1. The molecule has 0 aliphatic heterocycles. The van der Waals surface area contributed by atoms with Crippen LogP contribution >= 0.6 is 0 Å². The van der Waals surface area contributed by atoms with Gasteiger partial charge < -0.3 is 5.32 Å². The van der Waals surface area contributed by atoms with Crippen molar-refractivity contribution >= 4 is 22.5 Å². The molecule has 0 aliphatic rings. The summed E-state index contributed by atoms with van der Waals surface area (Å²) in [6.45, 7) is 9.73. The van der Waals surface area contributed by atoms with Gasteiger partial charge in [0, 0.05) is 11.1 Å². The Bertz CT molecular complexity index is 937. The fourth-order valence-corrected chi connectivity index (χ4v) is 3.02. The summed E-state index contributed by atoms with van der Waals surface area (Å²) in [6, 6.07) is 9.93. The van der Waals surface area contributed by atoms with Crippen molar-refractivity contribution in [2.75, 3.05) is 5.32 Å². The molecule has 2 heterocycles. The lowest BCUT2D eigenvalue weighted by Gasteiger charge is -2.13. The summed E-state index contributed by atoms with van der Waals surface area (Å²) >= 11 is 0. The van der Waals surface area contributed by atoms with E-state index in [4.69, 9.17) is 0 Å². The molecule has 1 amide bonds. The van der Waals surface area contributed by atoms with Crippen LogP contribution in [0.5, 0.6) is 0 Å². The topological polar surface area (TPSA) is 54.9 Å². The number of carbonyl (C=O) groups is 1. The predicted molar refractivity (Wildman–Crippen MR) is 97.6 cm³/mol. The Morgan fingerprint density at radius 2 is 1.67 bits per heavy atom. The number of nitrogens with zero attached hydrogens (tertiary/aromatic N) is 2. The van der Waals surface area contributed by atoms with Crippen molar-refractivity contribution in [3.05, 3.63) is 64.1 Å². The van der Waals surface area contributed by atoms with Crippen LogP contribution in [0, 0.1) is 34.6 Å². The molecule has 2 aromatic heterocycles. The Kier molecular flexibility index (Phi) is 4.06. The van der Waals surface area contributed by atoms with Gasteiger partial charge in [0.15, 0.2) is 0 Å². The third-order valence-electron chi connectivity index (χ3n) is 4.17. The first-order valence-electron chi connectivity index (χ1n) is 7.99. The molecule has 0 bridgehead atoms. The summed E-state index contributed by atoms with van der Waals surface area (Å²) in [5.74, 6) is -0.153. The predicted octanol–water partition coefficient (Wildman–Crippen LogP) is 4.42. The van der Waals surface area contributed by atoms with E-state index in [9.17, 15) is 4.79 Å². The van der Waals surface area contributed by atoms with Crippen molar-refractivity contribution in [2.45, 2.75) is 34.6 Å². The molecular formula is C20H21N3O. The third kappa shape index (κ3) is 3.00. The second-order valence-corrected chi connectivity index (χ2v) is 6.31. The number of aryl methyl sites for hydroxylation is 5. The molecule has 0 aliphatic carbocycles. The molecule has 0 unspecified atom stereocenters. The maximum Gasteiger partial charge on any atom is 0.257 e. The standard InChI is InChI=1S/C20H21N3O/c1-11-6-7-18-16(8-11)10-17(14(4)22-18)20(24)23-19-12(2)9-13(3)21-15(19)5/h6-10H,1-5H3,(H,23,24).